The van der Waals surface area contributed by atoms with E-state index in [0.29, 0.717) is 0 Å². The summed E-state index contributed by atoms with van der Waals surface area (Å²) >= 11 is 0. The van der Waals surface area contributed by atoms with Crippen LogP contribution in [0.1, 0.15) is 29.8 Å². The average molecular weight is 254 g/mol. The first-order chi connectivity index (χ1) is 9.25. The quantitative estimate of drug-likeness (QED) is 0.894. The van der Waals surface area contributed by atoms with E-state index in [1.807, 2.05) is 6.07 Å². The van der Waals surface area contributed by atoms with Crippen molar-refractivity contribution >= 4 is 0 Å². The third-order valence-electron chi connectivity index (χ3n) is 3.93. The van der Waals surface area contributed by atoms with E-state index in [2.05, 4.69) is 41.1 Å². The molecule has 1 aliphatic heterocycles. The maximum atomic E-state index is 12.0. The fourth-order valence-electron chi connectivity index (χ4n) is 2.86. The molecule has 0 fully saturated rings. The Morgan fingerprint density at radius 1 is 1.26 bits per heavy atom. The Bertz CT molecular complexity index is 618. The second-order valence-electron chi connectivity index (χ2n) is 5.12. The highest BCUT2D eigenvalue weighted by Crippen LogP contribution is 2.26. The van der Waals surface area contributed by atoms with Gasteiger partial charge in [-0.15, -0.1) is 0 Å². The van der Waals surface area contributed by atoms with Gasteiger partial charge in [-0.3, -0.25) is 9.69 Å². The Morgan fingerprint density at radius 3 is 2.84 bits per heavy atom. The number of fused-ring (bicyclic) bond motifs is 1. The zero-order valence-electron chi connectivity index (χ0n) is 11.1. The molecule has 0 spiro atoms. The second kappa shape index (κ2) is 5.02. The minimum absolute atomic E-state index is 0.152. The molecular formula is C16H18N2O. The summed E-state index contributed by atoms with van der Waals surface area (Å²) in [6.07, 6.45) is 2.67. The molecule has 1 N–H and O–H groups in total. The first kappa shape index (κ1) is 12.2. The van der Waals surface area contributed by atoms with Crippen LogP contribution in [0.4, 0.5) is 0 Å². The van der Waals surface area contributed by atoms with Gasteiger partial charge in [-0.05, 0) is 12.5 Å². The minimum atomic E-state index is 0.152. The molecule has 2 aromatic rings. The molecule has 3 nitrogen and oxygen atoms in total. The van der Waals surface area contributed by atoms with E-state index in [1.54, 1.807) is 12.3 Å². The van der Waals surface area contributed by atoms with Gasteiger partial charge in [0, 0.05) is 49.1 Å². The predicted molar refractivity (Wildman–Crippen MR) is 76.0 cm³/mol. The first-order valence-corrected chi connectivity index (χ1v) is 6.74. The van der Waals surface area contributed by atoms with Crippen molar-refractivity contribution in [3.8, 4) is 0 Å². The van der Waals surface area contributed by atoms with Crippen LogP contribution in [0.25, 0.3) is 0 Å². The monoisotopic (exact) mass is 254 g/mol. The molecule has 0 saturated carbocycles. The summed E-state index contributed by atoms with van der Waals surface area (Å²) in [4.78, 5) is 17.6. The van der Waals surface area contributed by atoms with Crippen molar-refractivity contribution in [3.05, 3.63) is 69.6 Å². The van der Waals surface area contributed by atoms with Gasteiger partial charge < -0.3 is 4.98 Å². The van der Waals surface area contributed by atoms with Gasteiger partial charge in [0.05, 0.1) is 0 Å². The average Bonchev–Trinajstić information content (AvgIpc) is 2.43. The maximum absolute atomic E-state index is 12.0. The van der Waals surface area contributed by atoms with Crippen LogP contribution in [0.2, 0.25) is 0 Å². The number of H-pyrrole nitrogens is 1. The van der Waals surface area contributed by atoms with Crippen molar-refractivity contribution in [2.75, 3.05) is 6.54 Å². The largest absolute Gasteiger partial charge is 0.364 e. The Hall–Kier alpha value is -1.87. The molecule has 3 heteroatoms. The summed E-state index contributed by atoms with van der Waals surface area (Å²) in [6.45, 7) is 4.01. The van der Waals surface area contributed by atoms with Crippen molar-refractivity contribution in [3.63, 3.8) is 0 Å². The van der Waals surface area contributed by atoms with Gasteiger partial charge in [-0.2, -0.15) is 0 Å². The van der Waals surface area contributed by atoms with Crippen LogP contribution in [-0.4, -0.2) is 16.4 Å². The Labute approximate surface area is 112 Å². The van der Waals surface area contributed by atoms with Crippen LogP contribution in [0.3, 0.4) is 0 Å². The number of aromatic nitrogens is 1. The standard InChI is InChI=1S/C16H18N2O/c1-12-16-14(17-9-7-15(16)19)8-10-18(12)11-13-5-3-2-4-6-13/h2-7,9,12H,8,10-11H2,1H3,(H,17,19). The maximum Gasteiger partial charge on any atom is 0.186 e. The molecule has 1 aromatic heterocycles. The van der Waals surface area contributed by atoms with E-state index < -0.39 is 0 Å². The summed E-state index contributed by atoms with van der Waals surface area (Å²) in [6, 6.07) is 12.2. The van der Waals surface area contributed by atoms with Crippen LogP contribution in [0.15, 0.2) is 47.4 Å². The molecule has 1 unspecified atom stereocenters. The van der Waals surface area contributed by atoms with Gasteiger partial charge in [0.15, 0.2) is 5.43 Å². The number of hydrogen-bond acceptors (Lipinski definition) is 2. The zero-order chi connectivity index (χ0) is 13.2. The highest BCUT2D eigenvalue weighted by atomic mass is 16.1. The summed E-state index contributed by atoms with van der Waals surface area (Å²) in [5.74, 6) is 0. The molecule has 0 bridgehead atoms. The second-order valence-corrected chi connectivity index (χ2v) is 5.12. The summed E-state index contributed by atoms with van der Waals surface area (Å²) in [5.41, 5.74) is 3.48. The fraction of sp³-hybridized carbons (Fsp3) is 0.312. The molecule has 0 aliphatic carbocycles. The molecule has 1 atom stereocenters. The number of benzene rings is 1. The number of aromatic amines is 1. The van der Waals surface area contributed by atoms with Crippen molar-refractivity contribution in [1.82, 2.24) is 9.88 Å². The van der Waals surface area contributed by atoms with Crippen molar-refractivity contribution in [2.24, 2.45) is 0 Å². The number of hydrogen-bond donors (Lipinski definition) is 1. The lowest BCUT2D eigenvalue weighted by molar-refractivity contribution is 0.187. The number of nitrogens with one attached hydrogen (secondary N) is 1. The molecular weight excluding hydrogens is 236 g/mol. The van der Waals surface area contributed by atoms with E-state index in [0.717, 1.165) is 30.8 Å². The normalized spacial score (nSPS) is 19.1. The number of pyridine rings is 1. The van der Waals surface area contributed by atoms with E-state index in [9.17, 15) is 4.79 Å². The van der Waals surface area contributed by atoms with E-state index >= 15 is 0 Å². The summed E-state index contributed by atoms with van der Waals surface area (Å²) in [5, 5.41) is 0. The molecule has 1 aliphatic rings. The lowest BCUT2D eigenvalue weighted by atomic mass is 9.97. The van der Waals surface area contributed by atoms with Crippen LogP contribution in [0, 0.1) is 0 Å². The topological polar surface area (TPSA) is 36.1 Å². The first-order valence-electron chi connectivity index (χ1n) is 6.74. The molecule has 0 saturated heterocycles. The molecule has 0 amide bonds. The molecule has 3 rings (SSSR count). The minimum Gasteiger partial charge on any atom is -0.364 e. The van der Waals surface area contributed by atoms with Crippen molar-refractivity contribution in [1.29, 1.82) is 0 Å². The fourth-order valence-corrected chi connectivity index (χ4v) is 2.86. The van der Waals surface area contributed by atoms with Gasteiger partial charge in [0.2, 0.25) is 0 Å². The highest BCUT2D eigenvalue weighted by Gasteiger charge is 2.26. The zero-order valence-corrected chi connectivity index (χ0v) is 11.1. The van der Waals surface area contributed by atoms with Crippen molar-refractivity contribution < 1.29 is 0 Å². The lowest BCUT2D eigenvalue weighted by Gasteiger charge is -2.34. The van der Waals surface area contributed by atoms with E-state index in [-0.39, 0.29) is 11.5 Å². The van der Waals surface area contributed by atoms with Crippen molar-refractivity contribution in [2.45, 2.75) is 25.9 Å². The third-order valence-corrected chi connectivity index (χ3v) is 3.93. The van der Waals surface area contributed by atoms with Gasteiger partial charge in [-0.25, -0.2) is 0 Å². The third kappa shape index (κ3) is 2.34. The predicted octanol–water partition coefficient (Wildman–Crippen LogP) is 2.49. The van der Waals surface area contributed by atoms with Gasteiger partial charge in [0.1, 0.15) is 0 Å². The summed E-state index contributed by atoms with van der Waals surface area (Å²) in [7, 11) is 0. The lowest BCUT2D eigenvalue weighted by Crippen LogP contribution is -2.37. The van der Waals surface area contributed by atoms with Crippen LogP contribution in [0.5, 0.6) is 0 Å². The van der Waals surface area contributed by atoms with E-state index in [4.69, 9.17) is 0 Å². The van der Waals surface area contributed by atoms with Crippen LogP contribution >= 0.6 is 0 Å². The molecule has 1 aromatic carbocycles. The Kier molecular flexibility index (Phi) is 3.22. The Morgan fingerprint density at radius 2 is 2.05 bits per heavy atom. The van der Waals surface area contributed by atoms with E-state index in [1.165, 1.54) is 5.56 Å². The van der Waals surface area contributed by atoms with Crippen LogP contribution < -0.4 is 5.43 Å². The van der Waals surface area contributed by atoms with Crippen LogP contribution in [-0.2, 0) is 13.0 Å². The Balaban J connectivity index is 1.88. The number of nitrogens with zero attached hydrogens (tertiary/aromatic N) is 1. The van der Waals surface area contributed by atoms with Gasteiger partial charge in [-0.1, -0.05) is 30.3 Å². The highest BCUT2D eigenvalue weighted by molar-refractivity contribution is 5.27. The summed E-state index contributed by atoms with van der Waals surface area (Å²) < 4.78 is 0. The molecule has 0 radical (unpaired) electrons. The van der Waals surface area contributed by atoms with Gasteiger partial charge in [0.25, 0.3) is 0 Å². The molecule has 2 heterocycles. The SMILES string of the molecule is CC1c2c([nH]ccc2=O)CCN1Cc1ccccc1. The molecule has 19 heavy (non-hydrogen) atoms. The molecule has 98 valence electrons. The van der Waals surface area contributed by atoms with Gasteiger partial charge >= 0.3 is 0 Å². The number of rotatable bonds is 2. The smallest absolute Gasteiger partial charge is 0.186 e.